The lowest BCUT2D eigenvalue weighted by atomic mass is 9.92. The van der Waals surface area contributed by atoms with Crippen molar-refractivity contribution >= 4 is 64.8 Å². The van der Waals surface area contributed by atoms with Crippen molar-refractivity contribution in [3.8, 4) is 5.75 Å². The summed E-state index contributed by atoms with van der Waals surface area (Å²) in [5, 5.41) is 17.0. The number of amides is 7. The van der Waals surface area contributed by atoms with Gasteiger partial charge in [-0.15, -0.1) is 0 Å². The van der Waals surface area contributed by atoms with Gasteiger partial charge in [0.2, 0.25) is 23.5 Å². The highest BCUT2D eigenvalue weighted by atomic mass is 16.6. The van der Waals surface area contributed by atoms with Crippen LogP contribution in [0.1, 0.15) is 125 Å². The number of methoxy groups -OCH3 is 1. The molecule has 5 rings (SSSR count). The van der Waals surface area contributed by atoms with Gasteiger partial charge in [0, 0.05) is 45.7 Å². The molecule has 0 saturated carbocycles. The quantitative estimate of drug-likeness (QED) is 0.213. The second-order valence-corrected chi connectivity index (χ2v) is 21.0. The number of ether oxygens (including phenoxy) is 3. The van der Waals surface area contributed by atoms with Gasteiger partial charge >= 0.3 is 11.9 Å². The number of aliphatic hydroxyl groups is 1. The van der Waals surface area contributed by atoms with Gasteiger partial charge in [-0.05, 0) is 92.9 Å². The Balaban J connectivity index is 1.66. The summed E-state index contributed by atoms with van der Waals surface area (Å²) < 4.78 is 17.1. The minimum Gasteiger partial charge on any atom is -0.497 e. The van der Waals surface area contributed by atoms with Crippen molar-refractivity contribution in [2.75, 3.05) is 27.2 Å². The van der Waals surface area contributed by atoms with Crippen LogP contribution < -0.4 is 15.4 Å². The normalized spacial score (nSPS) is 25.2. The second kappa shape index (κ2) is 25.6. The Kier molecular flexibility index (Phi) is 20.2. The zero-order chi connectivity index (χ0) is 55.7. The molecule has 4 heterocycles. The van der Waals surface area contributed by atoms with Crippen molar-refractivity contribution in [3.63, 3.8) is 0 Å². The zero-order valence-corrected chi connectivity index (χ0v) is 45.2. The summed E-state index contributed by atoms with van der Waals surface area (Å²) in [5.41, 5.74) is 0.586. The van der Waals surface area contributed by atoms with E-state index in [9.17, 15) is 48.3 Å². The number of hydrogen-bond donors (Lipinski definition) is 3. The molecule has 1 aromatic carbocycles. The summed E-state index contributed by atoms with van der Waals surface area (Å²) in [5.74, 6) is -9.88. The summed E-state index contributed by atoms with van der Waals surface area (Å²) >= 11 is 0. The van der Waals surface area contributed by atoms with Crippen LogP contribution in [0.5, 0.6) is 5.75 Å². The standard InChI is InChI=1S/C54H75N7O14/c1-13-31(8)44-42(63)26-43(64)75-46(30(6)7)49(67)55-37(22-28(2)3)51(69)60-21-15-17-39(60)53(71)61-27-35-24-36(73-12)19-18-34(35)25-41(61)54(72)74-33(10)45(48(66)56-44)57-47(65)40(23-29(4)5)58(11)52(70)38-16-14-20-59(38)50(68)32(9)62/h18-19,24,28-30,37-42,46,63H,10,13-17,20-23,25-27H2,1-9,11-12H3,(H,55,67)(H,56,66)/b44-31+,57-45-/t37-,38-,39-,40+,41-,42-,46-/m0/s1. The van der Waals surface area contributed by atoms with E-state index >= 15 is 4.79 Å². The number of benzene rings is 1. The van der Waals surface area contributed by atoms with Crippen molar-refractivity contribution in [2.45, 2.75) is 169 Å². The third kappa shape index (κ3) is 14.1. The van der Waals surface area contributed by atoms with Gasteiger partial charge in [0.15, 0.2) is 17.6 Å². The minimum absolute atomic E-state index is 0.00231. The molecule has 410 valence electrons. The molecule has 7 atom stereocenters. The number of nitrogens with one attached hydrogen (secondary N) is 2. The first-order chi connectivity index (χ1) is 35.3. The van der Waals surface area contributed by atoms with Gasteiger partial charge in [-0.2, -0.15) is 0 Å². The van der Waals surface area contributed by atoms with E-state index in [0.717, 1.165) is 16.7 Å². The Morgan fingerprint density at radius 3 is 2.20 bits per heavy atom. The summed E-state index contributed by atoms with van der Waals surface area (Å²) in [6.07, 6.45) is -2.47. The summed E-state index contributed by atoms with van der Waals surface area (Å²) in [6.45, 7) is 19.0. The third-order valence-corrected chi connectivity index (χ3v) is 14.1. The first kappa shape index (κ1) is 59.1. The van der Waals surface area contributed by atoms with Crippen molar-refractivity contribution in [1.82, 2.24) is 30.2 Å². The number of carbonyl (C=O) groups is 10. The molecule has 0 aromatic heterocycles. The highest BCUT2D eigenvalue weighted by Gasteiger charge is 2.46. The van der Waals surface area contributed by atoms with Gasteiger partial charge in [-0.25, -0.2) is 9.79 Å². The van der Waals surface area contributed by atoms with E-state index in [0.29, 0.717) is 35.3 Å². The van der Waals surface area contributed by atoms with Gasteiger partial charge in [0.05, 0.1) is 13.5 Å². The predicted octanol–water partition coefficient (Wildman–Crippen LogP) is 3.08. The average molecular weight is 1050 g/mol. The highest BCUT2D eigenvalue weighted by Crippen LogP contribution is 2.32. The molecule has 0 aliphatic carbocycles. The number of carbonyl (C=O) groups excluding carboxylic acids is 10. The minimum atomic E-state index is -1.79. The summed E-state index contributed by atoms with van der Waals surface area (Å²) in [7, 11) is 2.82. The van der Waals surface area contributed by atoms with Crippen molar-refractivity contribution < 1.29 is 67.3 Å². The first-order valence-corrected chi connectivity index (χ1v) is 25.9. The number of Topliss-reactive ketones (excluding diaryl/α,β-unsaturated/α-hetero) is 1. The largest absolute Gasteiger partial charge is 0.497 e. The van der Waals surface area contributed by atoms with Crippen molar-refractivity contribution in [2.24, 2.45) is 22.7 Å². The number of nitrogens with zero attached hydrogens (tertiary/aromatic N) is 5. The lowest BCUT2D eigenvalue weighted by molar-refractivity contribution is -0.161. The maximum absolute atomic E-state index is 15.1. The molecule has 21 heteroatoms. The van der Waals surface area contributed by atoms with E-state index in [-0.39, 0.29) is 75.7 Å². The molecule has 0 spiro atoms. The molecule has 0 unspecified atom stereocenters. The smallest absolute Gasteiger partial charge is 0.334 e. The number of esters is 2. The van der Waals surface area contributed by atoms with Crippen molar-refractivity contribution in [1.29, 1.82) is 0 Å². The Morgan fingerprint density at radius 1 is 0.907 bits per heavy atom. The number of likely N-dealkylation sites (tertiary alicyclic amines) is 1. The van der Waals surface area contributed by atoms with E-state index in [2.05, 4.69) is 22.2 Å². The first-order valence-electron chi connectivity index (χ1n) is 25.9. The molecule has 3 saturated heterocycles. The van der Waals surface area contributed by atoms with Crippen LogP contribution in [0.3, 0.4) is 0 Å². The number of aliphatic imine (C=N–C) groups is 1. The molecule has 0 bridgehead atoms. The van der Waals surface area contributed by atoms with Gasteiger partial charge in [0.1, 0.15) is 42.1 Å². The summed E-state index contributed by atoms with van der Waals surface area (Å²) in [6, 6.07) is -0.924. The predicted molar refractivity (Wildman–Crippen MR) is 273 cm³/mol. The number of allylic oxidation sites excluding steroid dienone is 1. The number of fused-ring (bicyclic) bond motifs is 3. The molecule has 4 aliphatic heterocycles. The fourth-order valence-corrected chi connectivity index (χ4v) is 9.93. The fraction of sp³-hybridized carbons (Fsp3) is 0.611. The van der Waals surface area contributed by atoms with Crippen LogP contribution in [-0.4, -0.2) is 159 Å². The van der Waals surface area contributed by atoms with Crippen LogP contribution in [0.4, 0.5) is 0 Å². The van der Waals surface area contributed by atoms with Gasteiger partial charge in [-0.1, -0.05) is 66.7 Å². The molecule has 3 fully saturated rings. The fourth-order valence-electron chi connectivity index (χ4n) is 9.93. The molecule has 0 radical (unpaired) electrons. The van der Waals surface area contributed by atoms with E-state index < -0.39 is 125 Å². The topological polar surface area (TPSA) is 268 Å². The summed E-state index contributed by atoms with van der Waals surface area (Å²) in [4.78, 5) is 150. The van der Waals surface area contributed by atoms with Gasteiger partial charge < -0.3 is 49.6 Å². The van der Waals surface area contributed by atoms with E-state index in [1.165, 1.54) is 24.0 Å². The number of cyclic esters (lactones) is 2. The maximum atomic E-state index is 15.1. The lowest BCUT2D eigenvalue weighted by Crippen LogP contribution is -2.58. The zero-order valence-electron chi connectivity index (χ0n) is 45.2. The van der Waals surface area contributed by atoms with Crippen LogP contribution in [0.2, 0.25) is 0 Å². The molecule has 4 aliphatic rings. The average Bonchev–Trinajstić information content (AvgIpc) is 4.06. The second-order valence-electron chi connectivity index (χ2n) is 21.0. The Morgan fingerprint density at radius 2 is 1.59 bits per heavy atom. The van der Waals surface area contributed by atoms with E-state index in [4.69, 9.17) is 14.2 Å². The van der Waals surface area contributed by atoms with E-state index in [1.54, 1.807) is 59.7 Å². The number of hydrogen-bond acceptors (Lipinski definition) is 14. The van der Waals surface area contributed by atoms with Crippen LogP contribution in [0, 0.1) is 17.8 Å². The lowest BCUT2D eigenvalue weighted by Gasteiger charge is -2.39. The number of likely N-dealkylation sites (N-methyl/N-ethyl adjacent to an activating group) is 1. The van der Waals surface area contributed by atoms with E-state index in [1.807, 2.05) is 13.8 Å². The van der Waals surface area contributed by atoms with Crippen molar-refractivity contribution in [3.05, 3.63) is 52.9 Å². The van der Waals surface area contributed by atoms with Gasteiger partial charge in [-0.3, -0.25) is 43.2 Å². The Hall–Kier alpha value is -6.77. The number of rotatable bonds is 11. The Labute approximate surface area is 438 Å². The van der Waals surface area contributed by atoms with Crippen LogP contribution in [0.15, 0.2) is 46.8 Å². The number of aliphatic hydroxyl groups excluding tert-OH is 1. The molecule has 7 amide bonds. The highest BCUT2D eigenvalue weighted by molar-refractivity contribution is 6.46. The molecule has 3 N–H and O–H groups in total. The molecule has 21 nitrogen and oxygen atoms in total. The molecule has 75 heavy (non-hydrogen) atoms. The maximum Gasteiger partial charge on any atom is 0.334 e. The number of ketones is 1. The Bertz CT molecular complexity index is 2500. The molecular weight excluding hydrogens is 971 g/mol. The SMILES string of the molecule is C=C1OC(=O)[C@@H]2Cc3ccc(OC)cc3CN2C(=O)[C@@H]2CCCN2C(=O)[C@H](CC(C)C)NC(=O)[C@H](C(C)C)OC(=O)C[C@H](O)/C(=C(/C)CC)NC(=O)/C1=N\C(=O)[C@@H](CC(C)C)N(C)C(=O)[C@@H]1CCCN1C(=O)C(C)=O. The monoisotopic (exact) mass is 1050 g/mol. The van der Waals surface area contributed by atoms with Crippen LogP contribution in [0.25, 0.3) is 0 Å². The molecular formula is C54H75N7O14. The third-order valence-electron chi connectivity index (χ3n) is 14.1. The van der Waals surface area contributed by atoms with Crippen LogP contribution >= 0.6 is 0 Å². The van der Waals surface area contributed by atoms with Crippen LogP contribution in [-0.2, 0) is 70.4 Å². The molecule has 1 aromatic rings. The van der Waals surface area contributed by atoms with Gasteiger partial charge in [0.25, 0.3) is 23.6 Å².